The van der Waals surface area contributed by atoms with Gasteiger partial charge in [0.15, 0.2) is 0 Å². The van der Waals surface area contributed by atoms with E-state index in [1.165, 1.54) is 6.07 Å². The monoisotopic (exact) mass is 385 g/mol. The number of H-pyrrole nitrogens is 1. The lowest BCUT2D eigenvalue weighted by Crippen LogP contribution is -2.54. The first-order valence-electron chi connectivity index (χ1n) is 9.35. The molecular formula is C22H25F2N3O. The van der Waals surface area contributed by atoms with Crippen LogP contribution < -0.4 is 5.32 Å². The fraction of sp³-hybridized carbons (Fsp3) is 0.364. The first-order chi connectivity index (χ1) is 13.1. The van der Waals surface area contributed by atoms with Crippen LogP contribution in [0.5, 0.6) is 0 Å². The second-order valence-electron chi connectivity index (χ2n) is 8.41. The van der Waals surface area contributed by atoms with Crippen LogP contribution in [0.1, 0.15) is 31.0 Å². The summed E-state index contributed by atoms with van der Waals surface area (Å²) in [6, 6.07) is 6.18. The maximum Gasteiger partial charge on any atom is 0.141 e. The third-order valence-corrected chi connectivity index (χ3v) is 5.80. The molecule has 0 spiro atoms. The minimum atomic E-state index is -0.869. The van der Waals surface area contributed by atoms with Gasteiger partial charge >= 0.3 is 0 Å². The van der Waals surface area contributed by atoms with Crippen molar-refractivity contribution in [3.63, 3.8) is 0 Å². The third-order valence-electron chi connectivity index (χ3n) is 5.80. The summed E-state index contributed by atoms with van der Waals surface area (Å²) in [5.74, 6) is -1.27. The Kier molecular flexibility index (Phi) is 4.25. The maximum absolute atomic E-state index is 15.8. The number of rotatable bonds is 2. The summed E-state index contributed by atoms with van der Waals surface area (Å²) in [4.78, 5) is 4.91. The van der Waals surface area contributed by atoms with Gasteiger partial charge in [-0.1, -0.05) is 18.2 Å². The zero-order chi connectivity index (χ0) is 20.4. The van der Waals surface area contributed by atoms with Crippen molar-refractivity contribution in [2.75, 3.05) is 19.4 Å². The molecule has 1 aliphatic heterocycles. The van der Waals surface area contributed by atoms with E-state index in [4.69, 9.17) is 0 Å². The fourth-order valence-electron chi connectivity index (χ4n) is 4.29. The van der Waals surface area contributed by atoms with Crippen molar-refractivity contribution in [2.24, 2.45) is 0 Å². The molecule has 3 N–H and O–H groups in total. The van der Waals surface area contributed by atoms with Crippen LogP contribution in [0.2, 0.25) is 0 Å². The minimum Gasteiger partial charge on any atom is -0.389 e. The van der Waals surface area contributed by atoms with E-state index in [0.717, 1.165) is 10.9 Å². The molecule has 0 aliphatic carbocycles. The molecule has 1 aromatic heterocycles. The molecule has 4 rings (SSSR count). The van der Waals surface area contributed by atoms with E-state index in [0.29, 0.717) is 16.8 Å². The molecule has 4 nitrogen and oxygen atoms in total. The first kappa shape index (κ1) is 18.9. The summed E-state index contributed by atoms with van der Waals surface area (Å²) >= 11 is 0. The third kappa shape index (κ3) is 2.63. The molecule has 0 saturated carbocycles. The summed E-state index contributed by atoms with van der Waals surface area (Å²) in [7, 11) is 3.58. The highest BCUT2D eigenvalue weighted by molar-refractivity contribution is 5.96. The highest BCUT2D eigenvalue weighted by Crippen LogP contribution is 2.45. The number of fused-ring (bicyclic) bond motifs is 2. The Labute approximate surface area is 163 Å². The van der Waals surface area contributed by atoms with Crippen molar-refractivity contribution in [2.45, 2.75) is 38.5 Å². The number of anilines is 1. The van der Waals surface area contributed by atoms with Gasteiger partial charge in [0.05, 0.1) is 28.8 Å². The molecule has 2 aromatic carbocycles. The van der Waals surface area contributed by atoms with E-state index in [9.17, 15) is 5.11 Å². The highest BCUT2D eigenvalue weighted by atomic mass is 19.1. The summed E-state index contributed by atoms with van der Waals surface area (Å²) in [5.41, 5.74) is 2.05. The predicted molar refractivity (Wildman–Crippen MR) is 109 cm³/mol. The van der Waals surface area contributed by atoms with E-state index in [2.05, 4.69) is 10.3 Å². The quantitative estimate of drug-likeness (QED) is 0.605. The normalized spacial score (nSPS) is 21.0. The number of nitrogens with zero attached hydrogens (tertiary/aromatic N) is 1. The van der Waals surface area contributed by atoms with Gasteiger partial charge < -0.3 is 15.4 Å². The number of aliphatic hydroxyl groups is 1. The van der Waals surface area contributed by atoms with Crippen LogP contribution >= 0.6 is 0 Å². The number of para-hydroxylation sites is 1. The first-order valence-corrected chi connectivity index (χ1v) is 9.35. The van der Waals surface area contributed by atoms with E-state index < -0.39 is 29.3 Å². The number of aromatic amines is 1. The van der Waals surface area contributed by atoms with Gasteiger partial charge in [-0.05, 0) is 46.5 Å². The molecule has 2 heterocycles. The van der Waals surface area contributed by atoms with Crippen molar-refractivity contribution in [3.8, 4) is 11.1 Å². The number of hydrogen-bond acceptors (Lipinski definition) is 3. The van der Waals surface area contributed by atoms with Crippen molar-refractivity contribution < 1.29 is 13.9 Å². The van der Waals surface area contributed by atoms with Gasteiger partial charge in [-0.25, -0.2) is 8.78 Å². The predicted octanol–water partition coefficient (Wildman–Crippen LogP) is 4.59. The number of likely N-dealkylation sites (N-methyl/N-ethyl adjacent to an activating group) is 1. The molecule has 3 aromatic rings. The Hall–Kier alpha value is -2.44. The zero-order valence-corrected chi connectivity index (χ0v) is 16.7. The molecule has 0 radical (unpaired) electrons. The smallest absolute Gasteiger partial charge is 0.141 e. The van der Waals surface area contributed by atoms with Crippen LogP contribution in [0, 0.1) is 18.6 Å². The van der Waals surface area contributed by atoms with Crippen LogP contribution in [0.15, 0.2) is 30.5 Å². The van der Waals surface area contributed by atoms with Crippen LogP contribution in [-0.2, 0) is 0 Å². The standard InChI is InChI=1S/C22H25F2N3O/c1-11-10-25-19-12(11)7-6-8-13(19)16-14(23)9-15-17(18(16)24)20(27(4)5)21(28)22(2,3)26-15/h6-10,20-21,25-26,28H,1-5H3. The molecule has 2 atom stereocenters. The maximum atomic E-state index is 15.8. The van der Waals surface area contributed by atoms with Crippen molar-refractivity contribution >= 4 is 16.6 Å². The van der Waals surface area contributed by atoms with Crippen LogP contribution in [0.3, 0.4) is 0 Å². The van der Waals surface area contributed by atoms with Crippen molar-refractivity contribution in [1.82, 2.24) is 9.88 Å². The zero-order valence-electron chi connectivity index (χ0n) is 16.7. The second kappa shape index (κ2) is 6.29. The van der Waals surface area contributed by atoms with Gasteiger partial charge in [-0.3, -0.25) is 4.90 Å². The molecule has 1 aliphatic rings. The number of benzene rings is 2. The Bertz CT molecular complexity index is 1070. The molecule has 0 amide bonds. The van der Waals surface area contributed by atoms with Crippen LogP contribution in [-0.4, -0.2) is 40.7 Å². The Morgan fingerprint density at radius 2 is 1.89 bits per heavy atom. The number of nitrogens with one attached hydrogen (secondary N) is 2. The van der Waals surface area contributed by atoms with Gasteiger partial charge in [0, 0.05) is 28.4 Å². The Morgan fingerprint density at radius 1 is 1.18 bits per heavy atom. The largest absolute Gasteiger partial charge is 0.389 e. The lowest BCUT2D eigenvalue weighted by molar-refractivity contribution is 0.0261. The highest BCUT2D eigenvalue weighted by Gasteiger charge is 2.44. The van der Waals surface area contributed by atoms with Crippen LogP contribution in [0.4, 0.5) is 14.5 Å². The minimum absolute atomic E-state index is 0.0771. The van der Waals surface area contributed by atoms with Crippen LogP contribution in [0.25, 0.3) is 22.0 Å². The molecule has 6 heteroatoms. The number of halogens is 2. The lowest BCUT2D eigenvalue weighted by Gasteiger charge is -2.46. The van der Waals surface area contributed by atoms with Crippen molar-refractivity contribution in [1.29, 1.82) is 0 Å². The Balaban J connectivity index is 2.02. The van der Waals surface area contributed by atoms with E-state index in [-0.39, 0.29) is 11.1 Å². The molecular weight excluding hydrogens is 360 g/mol. The molecule has 28 heavy (non-hydrogen) atoms. The summed E-state index contributed by atoms with van der Waals surface area (Å²) in [6.45, 7) is 5.60. The molecule has 2 unspecified atom stereocenters. The lowest BCUT2D eigenvalue weighted by atomic mass is 9.80. The molecule has 0 fully saturated rings. The van der Waals surface area contributed by atoms with Gasteiger partial charge in [0.1, 0.15) is 11.6 Å². The van der Waals surface area contributed by atoms with E-state index in [1.54, 1.807) is 31.1 Å². The average molecular weight is 385 g/mol. The average Bonchev–Trinajstić information content (AvgIpc) is 2.98. The summed E-state index contributed by atoms with van der Waals surface area (Å²) in [6.07, 6.45) is 0.963. The SMILES string of the molecule is Cc1c[nH]c2c(-c3c(F)cc4c(c3F)C(N(C)C)C(O)C(C)(C)N4)cccc12. The van der Waals surface area contributed by atoms with Gasteiger partial charge in [-0.2, -0.15) is 0 Å². The summed E-state index contributed by atoms with van der Waals surface area (Å²) < 4.78 is 31.0. The summed E-state index contributed by atoms with van der Waals surface area (Å²) in [5, 5.41) is 14.9. The molecule has 148 valence electrons. The van der Waals surface area contributed by atoms with Gasteiger partial charge in [0.2, 0.25) is 0 Å². The number of aliphatic hydroxyl groups excluding tert-OH is 1. The number of aryl methyl sites for hydroxylation is 1. The number of aromatic nitrogens is 1. The van der Waals surface area contributed by atoms with Crippen molar-refractivity contribution in [3.05, 3.63) is 53.2 Å². The fourth-order valence-corrected chi connectivity index (χ4v) is 4.29. The van der Waals surface area contributed by atoms with E-state index >= 15 is 8.78 Å². The second-order valence-corrected chi connectivity index (χ2v) is 8.41. The van der Waals surface area contributed by atoms with Gasteiger partial charge in [0.25, 0.3) is 0 Å². The van der Waals surface area contributed by atoms with Gasteiger partial charge in [-0.15, -0.1) is 0 Å². The Morgan fingerprint density at radius 3 is 2.57 bits per heavy atom. The topological polar surface area (TPSA) is 51.3 Å². The number of hydrogen-bond donors (Lipinski definition) is 3. The van der Waals surface area contributed by atoms with E-state index in [1.807, 2.05) is 33.0 Å². The molecule has 0 bridgehead atoms. The molecule has 0 saturated heterocycles.